The van der Waals surface area contributed by atoms with Crippen LogP contribution < -0.4 is 10.9 Å². The Morgan fingerprint density at radius 1 is 1.10 bits per heavy atom. The average Bonchev–Trinajstić information content (AvgIpc) is 2.71. The van der Waals surface area contributed by atoms with E-state index in [0.717, 1.165) is 10.9 Å². The first-order valence-corrected chi connectivity index (χ1v) is 9.02. The lowest BCUT2D eigenvalue weighted by molar-refractivity contribution is 0.0695. The Hall–Kier alpha value is -3.71. The maximum Gasteiger partial charge on any atom is 0.341 e. The van der Waals surface area contributed by atoms with Gasteiger partial charge in [-0.25, -0.2) is 4.79 Å². The number of aromatic carboxylic acids is 1. The summed E-state index contributed by atoms with van der Waals surface area (Å²) in [6, 6.07) is 13.6. The first kappa shape index (κ1) is 18.6. The summed E-state index contributed by atoms with van der Waals surface area (Å²) in [5.41, 5.74) is 1.06. The van der Waals surface area contributed by atoms with Gasteiger partial charge in [-0.2, -0.15) is 0 Å². The lowest BCUT2D eigenvalue weighted by Gasteiger charge is -2.10. The van der Waals surface area contributed by atoms with Crippen LogP contribution in [0.1, 0.15) is 26.3 Å². The Morgan fingerprint density at radius 3 is 2.69 bits per heavy atom. The highest BCUT2D eigenvalue weighted by molar-refractivity contribution is 6.31. The van der Waals surface area contributed by atoms with Crippen LogP contribution in [0, 0.1) is 0 Å². The molecule has 7 nitrogen and oxygen atoms in total. The Labute approximate surface area is 169 Å². The highest BCUT2D eigenvalue weighted by Gasteiger charge is 2.14. The predicted molar refractivity (Wildman–Crippen MR) is 109 cm³/mol. The smallest absolute Gasteiger partial charge is 0.341 e. The van der Waals surface area contributed by atoms with E-state index in [1.165, 1.54) is 12.3 Å². The van der Waals surface area contributed by atoms with Crippen molar-refractivity contribution in [3.8, 4) is 0 Å². The van der Waals surface area contributed by atoms with Crippen molar-refractivity contribution in [3.63, 3.8) is 0 Å². The summed E-state index contributed by atoms with van der Waals surface area (Å²) < 4.78 is 0. The molecule has 0 fully saturated rings. The quantitative estimate of drug-likeness (QED) is 0.480. The molecule has 4 aromatic rings. The Balaban J connectivity index is 1.64. The number of carboxylic acids is 1. The van der Waals surface area contributed by atoms with Crippen LogP contribution in [0.5, 0.6) is 0 Å². The van der Waals surface area contributed by atoms with Gasteiger partial charge in [-0.3, -0.25) is 14.6 Å². The summed E-state index contributed by atoms with van der Waals surface area (Å²) in [6.07, 6.45) is 1.49. The topological polar surface area (TPSA) is 112 Å². The average molecular weight is 408 g/mol. The molecule has 0 saturated carbocycles. The van der Waals surface area contributed by atoms with Crippen molar-refractivity contribution in [2.75, 3.05) is 0 Å². The molecule has 0 saturated heterocycles. The van der Waals surface area contributed by atoms with E-state index in [9.17, 15) is 14.4 Å². The van der Waals surface area contributed by atoms with Gasteiger partial charge >= 0.3 is 5.97 Å². The van der Waals surface area contributed by atoms with Crippen molar-refractivity contribution in [2.24, 2.45) is 0 Å². The fraction of sp³-hybridized carbons (Fsp3) is 0.0476. The highest BCUT2D eigenvalue weighted by Crippen LogP contribution is 2.22. The third kappa shape index (κ3) is 3.68. The lowest BCUT2D eigenvalue weighted by atomic mass is 10.1. The van der Waals surface area contributed by atoms with Crippen molar-refractivity contribution >= 4 is 45.3 Å². The number of fused-ring (bicyclic) bond motifs is 2. The van der Waals surface area contributed by atoms with E-state index in [0.29, 0.717) is 27.1 Å². The molecule has 29 heavy (non-hydrogen) atoms. The van der Waals surface area contributed by atoms with E-state index < -0.39 is 11.5 Å². The van der Waals surface area contributed by atoms with Gasteiger partial charge in [0.25, 0.3) is 11.5 Å². The first-order chi connectivity index (χ1) is 13.9. The number of aromatic nitrogens is 2. The number of carbonyl (C=O) groups is 2. The summed E-state index contributed by atoms with van der Waals surface area (Å²) in [5, 5.41) is 13.6. The molecule has 8 heteroatoms. The largest absolute Gasteiger partial charge is 0.477 e. The van der Waals surface area contributed by atoms with Crippen LogP contribution in [-0.2, 0) is 6.54 Å². The number of rotatable bonds is 4. The molecule has 0 aliphatic heterocycles. The number of pyridine rings is 2. The second kappa shape index (κ2) is 7.37. The molecule has 0 unspecified atom stereocenters. The van der Waals surface area contributed by atoms with Crippen molar-refractivity contribution in [1.29, 1.82) is 0 Å². The van der Waals surface area contributed by atoms with E-state index in [1.807, 2.05) is 24.3 Å². The zero-order valence-electron chi connectivity index (χ0n) is 14.9. The zero-order valence-corrected chi connectivity index (χ0v) is 15.7. The third-order valence-electron chi connectivity index (χ3n) is 4.52. The number of aromatic amines is 1. The number of para-hydroxylation sites is 1. The molecule has 144 valence electrons. The van der Waals surface area contributed by atoms with Gasteiger partial charge in [-0.15, -0.1) is 0 Å². The van der Waals surface area contributed by atoms with Crippen molar-refractivity contribution in [2.45, 2.75) is 6.54 Å². The number of hydrogen-bond acceptors (Lipinski definition) is 4. The van der Waals surface area contributed by atoms with Crippen molar-refractivity contribution < 1.29 is 14.7 Å². The van der Waals surface area contributed by atoms with Crippen molar-refractivity contribution in [3.05, 3.63) is 86.8 Å². The molecule has 2 heterocycles. The van der Waals surface area contributed by atoms with E-state index in [1.54, 1.807) is 18.2 Å². The first-order valence-electron chi connectivity index (χ1n) is 8.64. The number of nitrogens with zero attached hydrogens (tertiary/aromatic N) is 1. The fourth-order valence-electron chi connectivity index (χ4n) is 3.13. The van der Waals surface area contributed by atoms with Crippen LogP contribution in [0.4, 0.5) is 0 Å². The van der Waals surface area contributed by atoms with E-state index >= 15 is 0 Å². The number of carboxylic acid groups (broad SMARTS) is 1. The van der Waals surface area contributed by atoms with Gasteiger partial charge in [0, 0.05) is 28.5 Å². The number of H-pyrrole nitrogens is 1. The Kier molecular flexibility index (Phi) is 4.74. The Morgan fingerprint density at radius 2 is 1.90 bits per heavy atom. The van der Waals surface area contributed by atoms with E-state index in [2.05, 4.69) is 15.3 Å². The van der Waals surface area contributed by atoms with Gasteiger partial charge < -0.3 is 15.4 Å². The van der Waals surface area contributed by atoms with Gasteiger partial charge in [-0.1, -0.05) is 29.8 Å². The molecule has 3 N–H and O–H groups in total. The lowest BCUT2D eigenvalue weighted by Crippen LogP contribution is -2.24. The van der Waals surface area contributed by atoms with E-state index in [-0.39, 0.29) is 18.0 Å². The summed E-state index contributed by atoms with van der Waals surface area (Å²) in [4.78, 5) is 42.6. The van der Waals surface area contributed by atoms with Gasteiger partial charge in [0.05, 0.1) is 16.6 Å². The zero-order chi connectivity index (χ0) is 20.5. The van der Waals surface area contributed by atoms with Crippen LogP contribution in [0.3, 0.4) is 0 Å². The molecule has 1 amide bonds. The SMILES string of the molecule is O=C(NCc1cc(Cl)cc2cc(C(=O)O)c(=O)[nH]c12)c1cnc2ccccc2c1. The predicted octanol–water partition coefficient (Wildman–Crippen LogP) is 3.36. The summed E-state index contributed by atoms with van der Waals surface area (Å²) >= 11 is 6.13. The van der Waals surface area contributed by atoms with Gasteiger partial charge in [-0.05, 0) is 35.9 Å². The second-order valence-electron chi connectivity index (χ2n) is 6.45. The molecule has 0 spiro atoms. The number of benzene rings is 2. The van der Waals surface area contributed by atoms with Gasteiger partial charge in [0.2, 0.25) is 0 Å². The van der Waals surface area contributed by atoms with Crippen LogP contribution in [0.25, 0.3) is 21.8 Å². The third-order valence-corrected chi connectivity index (χ3v) is 4.74. The molecule has 0 aliphatic carbocycles. The van der Waals surface area contributed by atoms with E-state index in [4.69, 9.17) is 16.7 Å². The number of nitrogens with one attached hydrogen (secondary N) is 2. The number of amides is 1. The standard InChI is InChI=1S/C21H14ClN3O4/c22-15-6-12-8-16(21(28)29)20(27)25-18(12)13(7-15)9-24-19(26)14-5-11-3-1-2-4-17(11)23-10-14/h1-8,10H,9H2,(H,24,26)(H,25,27)(H,28,29). The second-order valence-corrected chi connectivity index (χ2v) is 6.88. The summed E-state index contributed by atoms with van der Waals surface area (Å²) in [5.74, 6) is -1.66. The highest BCUT2D eigenvalue weighted by atomic mass is 35.5. The molecular weight excluding hydrogens is 394 g/mol. The molecule has 0 bridgehead atoms. The molecule has 0 radical (unpaired) electrons. The van der Waals surface area contributed by atoms with Gasteiger partial charge in [0.15, 0.2) is 0 Å². The molecule has 4 rings (SSSR count). The molecule has 0 aliphatic rings. The minimum Gasteiger partial charge on any atom is -0.477 e. The number of halogens is 1. The minimum absolute atomic E-state index is 0.0884. The maximum atomic E-state index is 12.6. The molecule has 2 aromatic carbocycles. The van der Waals surface area contributed by atoms with Crippen molar-refractivity contribution in [1.82, 2.24) is 15.3 Å². The molecule has 2 aromatic heterocycles. The van der Waals surface area contributed by atoms with Crippen LogP contribution in [-0.4, -0.2) is 27.0 Å². The van der Waals surface area contributed by atoms with Crippen LogP contribution in [0.15, 0.2) is 59.5 Å². The Bertz CT molecular complexity index is 1350. The summed E-state index contributed by atoms with van der Waals surface area (Å²) in [6.45, 7) is 0.0884. The normalized spacial score (nSPS) is 10.9. The minimum atomic E-state index is -1.33. The van der Waals surface area contributed by atoms with Gasteiger partial charge in [0.1, 0.15) is 5.56 Å². The molecular formula is C21H14ClN3O4. The molecule has 0 atom stereocenters. The number of hydrogen-bond donors (Lipinski definition) is 3. The maximum absolute atomic E-state index is 12.6. The van der Waals surface area contributed by atoms with Crippen LogP contribution >= 0.6 is 11.6 Å². The fourth-order valence-corrected chi connectivity index (χ4v) is 3.37. The number of carbonyl (C=O) groups excluding carboxylic acids is 1. The summed E-state index contributed by atoms with van der Waals surface area (Å²) in [7, 11) is 0. The van der Waals surface area contributed by atoms with Crippen LogP contribution in [0.2, 0.25) is 5.02 Å². The monoisotopic (exact) mass is 407 g/mol.